The van der Waals surface area contributed by atoms with Crippen LogP contribution in [0.25, 0.3) is 0 Å². The van der Waals surface area contributed by atoms with Gasteiger partial charge < -0.3 is 9.64 Å². The first kappa shape index (κ1) is 14.1. The van der Waals surface area contributed by atoms with Gasteiger partial charge in [0.1, 0.15) is 5.75 Å². The molecule has 0 radical (unpaired) electrons. The Morgan fingerprint density at radius 3 is 2.70 bits per heavy atom. The zero-order valence-corrected chi connectivity index (χ0v) is 13.4. The van der Waals surface area contributed by atoms with Gasteiger partial charge in [-0.3, -0.25) is 10.1 Å². The Bertz CT molecular complexity index is 835. The van der Waals surface area contributed by atoms with E-state index in [4.69, 9.17) is 4.74 Å². The van der Waals surface area contributed by atoms with Gasteiger partial charge in [-0.25, -0.2) is 0 Å². The largest absolute Gasteiger partial charge is 0.467 e. The van der Waals surface area contributed by atoms with E-state index < -0.39 is 5.72 Å². The zero-order chi connectivity index (χ0) is 16.4. The molecule has 0 fully saturated rings. The summed E-state index contributed by atoms with van der Waals surface area (Å²) in [5.74, 6) is 0.732. The Balaban J connectivity index is 1.91. The fourth-order valence-electron chi connectivity index (χ4n) is 4.04. The number of anilines is 1. The van der Waals surface area contributed by atoms with Gasteiger partial charge in [0.25, 0.3) is 5.69 Å². The molecule has 0 N–H and O–H groups in total. The van der Waals surface area contributed by atoms with Crippen LogP contribution in [0.3, 0.4) is 0 Å². The van der Waals surface area contributed by atoms with Crippen molar-refractivity contribution in [1.82, 2.24) is 0 Å². The van der Waals surface area contributed by atoms with Gasteiger partial charge in [-0.2, -0.15) is 0 Å². The number of non-ortho nitro benzene ring substituents is 1. The molecule has 0 saturated carbocycles. The molecule has 118 valence electrons. The van der Waals surface area contributed by atoms with E-state index in [2.05, 4.69) is 30.9 Å². The predicted molar refractivity (Wildman–Crippen MR) is 88.0 cm³/mol. The Morgan fingerprint density at radius 2 is 1.96 bits per heavy atom. The van der Waals surface area contributed by atoms with Gasteiger partial charge in [0.15, 0.2) is 5.72 Å². The summed E-state index contributed by atoms with van der Waals surface area (Å²) in [7, 11) is 2.04. The van der Waals surface area contributed by atoms with Gasteiger partial charge >= 0.3 is 0 Å². The molecular formula is C18H18N2O3. The lowest BCUT2D eigenvalue weighted by Gasteiger charge is -2.48. The van der Waals surface area contributed by atoms with Crippen molar-refractivity contribution in [3.05, 3.63) is 63.7 Å². The van der Waals surface area contributed by atoms with Crippen LogP contribution in [0.2, 0.25) is 0 Å². The van der Waals surface area contributed by atoms with Crippen molar-refractivity contribution < 1.29 is 9.66 Å². The smallest absolute Gasteiger partial charge is 0.269 e. The second kappa shape index (κ2) is 4.25. The van der Waals surface area contributed by atoms with Crippen molar-refractivity contribution in [2.24, 2.45) is 0 Å². The second-order valence-corrected chi connectivity index (χ2v) is 6.72. The summed E-state index contributed by atoms with van der Waals surface area (Å²) in [5, 5.41) is 11.1. The van der Waals surface area contributed by atoms with Crippen molar-refractivity contribution in [2.75, 3.05) is 11.9 Å². The molecule has 5 nitrogen and oxygen atoms in total. The summed E-state index contributed by atoms with van der Waals surface area (Å²) in [6.45, 7) is 4.27. The van der Waals surface area contributed by atoms with Crippen LogP contribution in [0, 0.1) is 10.1 Å². The number of ether oxygens (including phenoxy) is 1. The number of para-hydroxylation sites is 1. The Hall–Kier alpha value is -2.56. The van der Waals surface area contributed by atoms with Gasteiger partial charge in [0, 0.05) is 30.4 Å². The number of fused-ring (bicyclic) bond motifs is 4. The molecule has 0 aliphatic carbocycles. The molecule has 2 aliphatic rings. The summed E-state index contributed by atoms with van der Waals surface area (Å²) < 4.78 is 6.38. The van der Waals surface area contributed by atoms with E-state index in [-0.39, 0.29) is 16.0 Å². The first-order valence-corrected chi connectivity index (χ1v) is 7.66. The lowest BCUT2D eigenvalue weighted by Crippen LogP contribution is -2.60. The van der Waals surface area contributed by atoms with E-state index in [0.29, 0.717) is 6.42 Å². The maximum absolute atomic E-state index is 11.1. The standard InChI is InChI=1S/C18H18N2O3/c1-17-11-12-10-13(20(21)22)8-9-16(12)23-18(17,2)19(3)15-7-5-4-6-14(15)17/h4-10H,11H2,1-3H3/t17-,18?/m1/s1. The van der Waals surface area contributed by atoms with Crippen molar-refractivity contribution in [3.8, 4) is 5.75 Å². The molecule has 2 aliphatic heterocycles. The average Bonchev–Trinajstić information content (AvgIpc) is 2.70. The van der Waals surface area contributed by atoms with E-state index in [1.807, 2.05) is 19.2 Å². The third kappa shape index (κ3) is 1.62. The van der Waals surface area contributed by atoms with Crippen LogP contribution in [0.15, 0.2) is 42.5 Å². The normalized spacial score (nSPS) is 27.7. The highest BCUT2D eigenvalue weighted by Crippen LogP contribution is 2.56. The van der Waals surface area contributed by atoms with Crippen LogP contribution in [0.5, 0.6) is 5.75 Å². The number of hydrogen-bond acceptors (Lipinski definition) is 4. The maximum atomic E-state index is 11.1. The maximum Gasteiger partial charge on any atom is 0.269 e. The number of rotatable bonds is 1. The lowest BCUT2D eigenvalue weighted by atomic mass is 9.70. The first-order valence-electron chi connectivity index (χ1n) is 7.66. The summed E-state index contributed by atoms with van der Waals surface area (Å²) in [6.07, 6.45) is 0.710. The molecule has 2 heterocycles. The van der Waals surface area contributed by atoms with Gasteiger partial charge in [0.05, 0.1) is 10.3 Å². The quantitative estimate of drug-likeness (QED) is 0.596. The van der Waals surface area contributed by atoms with Crippen LogP contribution in [-0.4, -0.2) is 17.7 Å². The summed E-state index contributed by atoms with van der Waals surface area (Å²) in [6, 6.07) is 13.1. The summed E-state index contributed by atoms with van der Waals surface area (Å²) in [4.78, 5) is 12.9. The summed E-state index contributed by atoms with van der Waals surface area (Å²) >= 11 is 0. The van der Waals surface area contributed by atoms with E-state index in [9.17, 15) is 10.1 Å². The molecule has 0 bridgehead atoms. The fourth-order valence-corrected chi connectivity index (χ4v) is 4.04. The van der Waals surface area contributed by atoms with E-state index in [1.54, 1.807) is 12.1 Å². The molecule has 2 atom stereocenters. The minimum absolute atomic E-state index is 0.110. The Labute approximate surface area is 134 Å². The highest BCUT2D eigenvalue weighted by atomic mass is 16.6. The van der Waals surface area contributed by atoms with Gasteiger partial charge in [-0.05, 0) is 38.0 Å². The molecule has 1 unspecified atom stereocenters. The fraction of sp³-hybridized carbons (Fsp3) is 0.333. The number of nitro benzene ring substituents is 1. The molecule has 4 rings (SSSR count). The molecule has 2 aromatic carbocycles. The monoisotopic (exact) mass is 310 g/mol. The molecule has 23 heavy (non-hydrogen) atoms. The third-order valence-electron chi connectivity index (χ3n) is 5.63. The Morgan fingerprint density at radius 1 is 1.22 bits per heavy atom. The molecular weight excluding hydrogens is 292 g/mol. The highest BCUT2D eigenvalue weighted by Gasteiger charge is 2.59. The van der Waals surface area contributed by atoms with Gasteiger partial charge in [-0.15, -0.1) is 0 Å². The van der Waals surface area contributed by atoms with Crippen molar-refractivity contribution >= 4 is 11.4 Å². The average molecular weight is 310 g/mol. The predicted octanol–water partition coefficient (Wildman–Crippen LogP) is 3.65. The number of nitrogens with zero attached hydrogens (tertiary/aromatic N) is 2. The highest BCUT2D eigenvalue weighted by molar-refractivity contribution is 5.67. The van der Waals surface area contributed by atoms with Crippen molar-refractivity contribution in [1.29, 1.82) is 0 Å². The topological polar surface area (TPSA) is 55.6 Å². The number of likely N-dealkylation sites (N-methyl/N-ethyl adjacent to an activating group) is 1. The molecule has 0 spiro atoms. The lowest BCUT2D eigenvalue weighted by molar-refractivity contribution is -0.385. The second-order valence-electron chi connectivity index (χ2n) is 6.72. The van der Waals surface area contributed by atoms with E-state index >= 15 is 0 Å². The first-order chi connectivity index (χ1) is 10.9. The van der Waals surface area contributed by atoms with Crippen LogP contribution in [0.4, 0.5) is 11.4 Å². The zero-order valence-electron chi connectivity index (χ0n) is 13.4. The minimum Gasteiger partial charge on any atom is -0.467 e. The van der Waals surface area contributed by atoms with Crippen LogP contribution >= 0.6 is 0 Å². The Kier molecular flexibility index (Phi) is 2.60. The third-order valence-corrected chi connectivity index (χ3v) is 5.63. The molecule has 2 aromatic rings. The SMILES string of the molecule is CN1c2ccccc2[C@@]2(C)Cc3cc([N+](=O)[O-])ccc3OC12C. The number of hydrogen-bond donors (Lipinski definition) is 0. The van der Waals surface area contributed by atoms with E-state index in [0.717, 1.165) is 17.0 Å². The van der Waals surface area contributed by atoms with Crippen LogP contribution in [0.1, 0.15) is 25.0 Å². The molecule has 0 amide bonds. The number of nitro groups is 1. The molecule has 0 aromatic heterocycles. The van der Waals surface area contributed by atoms with Crippen molar-refractivity contribution in [2.45, 2.75) is 31.4 Å². The molecule has 5 heteroatoms. The van der Waals surface area contributed by atoms with Gasteiger partial charge in [0.2, 0.25) is 0 Å². The van der Waals surface area contributed by atoms with Crippen LogP contribution < -0.4 is 9.64 Å². The van der Waals surface area contributed by atoms with Gasteiger partial charge in [-0.1, -0.05) is 18.2 Å². The summed E-state index contributed by atoms with van der Waals surface area (Å²) in [5.41, 5.74) is 2.60. The molecule has 0 saturated heterocycles. The van der Waals surface area contributed by atoms with Crippen LogP contribution in [-0.2, 0) is 11.8 Å². The minimum atomic E-state index is -0.514. The van der Waals surface area contributed by atoms with E-state index in [1.165, 1.54) is 11.6 Å². The number of benzene rings is 2. The van der Waals surface area contributed by atoms with Crippen molar-refractivity contribution in [3.63, 3.8) is 0 Å².